The molecule has 2 aliphatic carbocycles. The van der Waals surface area contributed by atoms with Crippen molar-refractivity contribution in [2.24, 2.45) is 17.8 Å². The van der Waals surface area contributed by atoms with Gasteiger partial charge in [-0.25, -0.2) is 0 Å². The molecule has 96 valence electrons. The van der Waals surface area contributed by atoms with Crippen LogP contribution in [0.5, 0.6) is 0 Å². The Morgan fingerprint density at radius 1 is 1.41 bits per heavy atom. The second-order valence-electron chi connectivity index (χ2n) is 5.89. The maximum atomic E-state index is 12.2. The van der Waals surface area contributed by atoms with Gasteiger partial charge < -0.3 is 15.3 Å². The van der Waals surface area contributed by atoms with E-state index >= 15 is 0 Å². The van der Waals surface area contributed by atoms with Gasteiger partial charge in [0.15, 0.2) is 0 Å². The molecule has 0 aromatic carbocycles. The highest BCUT2D eigenvalue weighted by Gasteiger charge is 2.59. The topological polar surface area (TPSA) is 52.6 Å². The number of aliphatic hydroxyl groups is 1. The molecule has 3 fully saturated rings. The summed E-state index contributed by atoms with van der Waals surface area (Å²) in [6.45, 7) is 1.80. The third-order valence-corrected chi connectivity index (χ3v) is 4.99. The zero-order valence-corrected chi connectivity index (χ0v) is 10.4. The van der Waals surface area contributed by atoms with Gasteiger partial charge in [0.1, 0.15) is 0 Å². The number of carbonyl (C=O) groups is 1. The van der Waals surface area contributed by atoms with E-state index in [1.54, 1.807) is 0 Å². The summed E-state index contributed by atoms with van der Waals surface area (Å²) in [4.78, 5) is 14.1. The van der Waals surface area contributed by atoms with Gasteiger partial charge in [-0.1, -0.05) is 0 Å². The zero-order chi connectivity index (χ0) is 12.0. The molecule has 1 saturated heterocycles. The molecular formula is C13H22N2O2. The molecular weight excluding hydrogens is 216 g/mol. The number of rotatable bonds is 4. The summed E-state index contributed by atoms with van der Waals surface area (Å²) in [6.07, 6.45) is 3.56. The van der Waals surface area contributed by atoms with Gasteiger partial charge in [0, 0.05) is 13.0 Å². The van der Waals surface area contributed by atoms with Gasteiger partial charge in [0.25, 0.3) is 0 Å². The molecule has 2 bridgehead atoms. The van der Waals surface area contributed by atoms with Crippen LogP contribution in [0.25, 0.3) is 0 Å². The van der Waals surface area contributed by atoms with Crippen LogP contribution in [-0.2, 0) is 4.79 Å². The fourth-order valence-electron chi connectivity index (χ4n) is 4.26. The molecule has 1 heterocycles. The molecule has 17 heavy (non-hydrogen) atoms. The van der Waals surface area contributed by atoms with Gasteiger partial charge >= 0.3 is 0 Å². The summed E-state index contributed by atoms with van der Waals surface area (Å²) in [5, 5.41) is 13.3. The van der Waals surface area contributed by atoms with Crippen LogP contribution in [0.15, 0.2) is 0 Å². The number of hydrogen-bond donors (Lipinski definition) is 2. The number of nitrogens with zero attached hydrogens (tertiary/aromatic N) is 1. The Balaban J connectivity index is 1.63. The minimum absolute atomic E-state index is 0.154. The molecule has 4 nitrogen and oxygen atoms in total. The normalized spacial score (nSPS) is 42.5. The van der Waals surface area contributed by atoms with E-state index in [4.69, 9.17) is 0 Å². The van der Waals surface area contributed by atoms with Crippen LogP contribution in [-0.4, -0.2) is 48.2 Å². The molecule has 5 unspecified atom stereocenters. The average Bonchev–Trinajstić information content (AvgIpc) is 2.89. The standard InChI is InChI=1S/C13H22N2O2/c1-14-4-2-3-11(16)15-7-9-5-8-6-10(9)12(15)13(8)17/h8-10,12-14,17H,2-7H2,1H3. The predicted molar refractivity (Wildman–Crippen MR) is 64.4 cm³/mol. The number of hydrogen-bond acceptors (Lipinski definition) is 3. The number of amides is 1. The summed E-state index contributed by atoms with van der Waals surface area (Å²) in [6, 6.07) is 0.154. The number of aliphatic hydroxyl groups excluding tert-OH is 1. The number of carbonyl (C=O) groups excluding carboxylic acids is 1. The lowest BCUT2D eigenvalue weighted by molar-refractivity contribution is -0.134. The van der Waals surface area contributed by atoms with E-state index in [2.05, 4.69) is 5.32 Å². The van der Waals surface area contributed by atoms with Crippen molar-refractivity contribution in [3.05, 3.63) is 0 Å². The van der Waals surface area contributed by atoms with E-state index in [-0.39, 0.29) is 18.1 Å². The first-order chi connectivity index (χ1) is 8.22. The molecule has 0 aromatic heterocycles. The lowest BCUT2D eigenvalue weighted by Gasteiger charge is -2.29. The van der Waals surface area contributed by atoms with Crippen LogP contribution in [0.3, 0.4) is 0 Å². The highest BCUT2D eigenvalue weighted by Crippen LogP contribution is 2.54. The van der Waals surface area contributed by atoms with Crippen molar-refractivity contribution in [1.82, 2.24) is 10.2 Å². The Kier molecular flexibility index (Phi) is 2.87. The first-order valence-corrected chi connectivity index (χ1v) is 6.84. The summed E-state index contributed by atoms with van der Waals surface area (Å²) in [5.41, 5.74) is 0. The van der Waals surface area contributed by atoms with Crippen molar-refractivity contribution in [3.63, 3.8) is 0 Å². The SMILES string of the molecule is CNCCCC(=O)N1CC2CC3CC2C1C3O. The Morgan fingerprint density at radius 2 is 2.24 bits per heavy atom. The second-order valence-corrected chi connectivity index (χ2v) is 5.89. The fourth-order valence-corrected chi connectivity index (χ4v) is 4.26. The summed E-state index contributed by atoms with van der Waals surface area (Å²) < 4.78 is 0. The second kappa shape index (κ2) is 4.25. The highest BCUT2D eigenvalue weighted by atomic mass is 16.3. The van der Waals surface area contributed by atoms with Crippen LogP contribution in [0, 0.1) is 17.8 Å². The first-order valence-electron chi connectivity index (χ1n) is 6.84. The average molecular weight is 238 g/mol. The molecule has 0 spiro atoms. The van der Waals surface area contributed by atoms with Crippen molar-refractivity contribution < 1.29 is 9.90 Å². The van der Waals surface area contributed by atoms with E-state index < -0.39 is 0 Å². The van der Waals surface area contributed by atoms with Crippen LogP contribution in [0.2, 0.25) is 0 Å². The van der Waals surface area contributed by atoms with E-state index in [0.717, 1.165) is 32.4 Å². The molecule has 3 rings (SSSR count). The minimum atomic E-state index is -0.244. The van der Waals surface area contributed by atoms with Crippen molar-refractivity contribution in [3.8, 4) is 0 Å². The maximum absolute atomic E-state index is 12.2. The lowest BCUT2D eigenvalue weighted by Crippen LogP contribution is -2.43. The molecule has 3 aliphatic rings. The van der Waals surface area contributed by atoms with Crippen molar-refractivity contribution in [2.45, 2.75) is 37.8 Å². The molecule has 4 heteroatoms. The van der Waals surface area contributed by atoms with Crippen molar-refractivity contribution >= 4 is 5.91 Å². The van der Waals surface area contributed by atoms with Crippen LogP contribution < -0.4 is 5.32 Å². The molecule has 0 aromatic rings. The van der Waals surface area contributed by atoms with E-state index in [1.807, 2.05) is 11.9 Å². The summed E-state index contributed by atoms with van der Waals surface area (Å²) in [5.74, 6) is 2.01. The highest BCUT2D eigenvalue weighted by molar-refractivity contribution is 5.77. The maximum Gasteiger partial charge on any atom is 0.222 e. The molecule has 2 N–H and O–H groups in total. The smallest absolute Gasteiger partial charge is 0.222 e. The predicted octanol–water partition coefficient (Wildman–Crippen LogP) is 0.214. The van der Waals surface area contributed by atoms with Crippen LogP contribution >= 0.6 is 0 Å². The Hall–Kier alpha value is -0.610. The number of likely N-dealkylation sites (tertiary alicyclic amines) is 1. The fraction of sp³-hybridized carbons (Fsp3) is 0.923. The summed E-state index contributed by atoms with van der Waals surface area (Å²) >= 11 is 0. The third-order valence-electron chi connectivity index (χ3n) is 4.99. The van der Waals surface area contributed by atoms with Crippen molar-refractivity contribution in [2.75, 3.05) is 20.1 Å². The molecule has 2 saturated carbocycles. The van der Waals surface area contributed by atoms with Gasteiger partial charge in [-0.3, -0.25) is 4.79 Å². The monoisotopic (exact) mass is 238 g/mol. The first kappa shape index (κ1) is 11.5. The van der Waals surface area contributed by atoms with Crippen LogP contribution in [0.1, 0.15) is 25.7 Å². The summed E-state index contributed by atoms with van der Waals surface area (Å²) in [7, 11) is 1.91. The molecule has 1 amide bonds. The van der Waals surface area contributed by atoms with Crippen molar-refractivity contribution in [1.29, 1.82) is 0 Å². The Labute approximate surface area is 102 Å². The van der Waals surface area contributed by atoms with E-state index in [0.29, 0.717) is 24.2 Å². The van der Waals surface area contributed by atoms with Gasteiger partial charge in [0.2, 0.25) is 5.91 Å². The minimum Gasteiger partial charge on any atom is -0.391 e. The Morgan fingerprint density at radius 3 is 2.94 bits per heavy atom. The Bertz CT molecular complexity index is 319. The quantitative estimate of drug-likeness (QED) is 0.689. The van der Waals surface area contributed by atoms with E-state index in [9.17, 15) is 9.90 Å². The molecule has 0 radical (unpaired) electrons. The van der Waals surface area contributed by atoms with Crippen LogP contribution in [0.4, 0.5) is 0 Å². The van der Waals surface area contributed by atoms with Gasteiger partial charge in [-0.05, 0) is 50.6 Å². The number of fused-ring (bicyclic) bond motifs is 1. The lowest BCUT2D eigenvalue weighted by atomic mass is 9.88. The zero-order valence-electron chi connectivity index (χ0n) is 10.4. The van der Waals surface area contributed by atoms with Gasteiger partial charge in [0.05, 0.1) is 12.1 Å². The largest absolute Gasteiger partial charge is 0.391 e. The molecule has 1 aliphatic heterocycles. The number of nitrogens with one attached hydrogen (secondary N) is 1. The molecule has 5 atom stereocenters. The van der Waals surface area contributed by atoms with E-state index in [1.165, 1.54) is 0 Å². The van der Waals surface area contributed by atoms with Gasteiger partial charge in [-0.15, -0.1) is 0 Å². The third kappa shape index (κ3) is 1.69. The van der Waals surface area contributed by atoms with Gasteiger partial charge in [-0.2, -0.15) is 0 Å².